The van der Waals surface area contributed by atoms with Gasteiger partial charge in [-0.1, -0.05) is 46.4 Å². The first-order valence-electron chi connectivity index (χ1n) is 7.14. The number of carbonyl (C=O) groups is 1. The molecule has 3 aromatic heterocycles. The molecule has 3 rings (SSSR count). The van der Waals surface area contributed by atoms with E-state index in [1.165, 1.54) is 6.20 Å². The SMILES string of the molecule is CC(C)n1ncc2cc(NC(=O)c3nc(Cl)c(Cl)c(Cl)c3Cl)cnc21. The van der Waals surface area contributed by atoms with Crippen LogP contribution in [0.2, 0.25) is 20.2 Å². The third kappa shape index (κ3) is 3.40. The van der Waals surface area contributed by atoms with E-state index in [1.807, 2.05) is 13.8 Å². The Bertz CT molecular complexity index is 986. The van der Waals surface area contributed by atoms with Gasteiger partial charge in [0.05, 0.1) is 33.1 Å². The van der Waals surface area contributed by atoms with Crippen LogP contribution in [-0.2, 0) is 0 Å². The van der Waals surface area contributed by atoms with E-state index < -0.39 is 5.91 Å². The average Bonchev–Trinajstić information content (AvgIpc) is 2.99. The monoisotopic (exact) mass is 417 g/mol. The number of hydrogen-bond acceptors (Lipinski definition) is 4. The highest BCUT2D eigenvalue weighted by Crippen LogP contribution is 2.36. The van der Waals surface area contributed by atoms with Crippen LogP contribution in [0.4, 0.5) is 5.69 Å². The summed E-state index contributed by atoms with van der Waals surface area (Å²) in [5.74, 6) is -0.581. The summed E-state index contributed by atoms with van der Waals surface area (Å²) < 4.78 is 1.79. The van der Waals surface area contributed by atoms with E-state index in [4.69, 9.17) is 46.4 Å². The van der Waals surface area contributed by atoms with Crippen LogP contribution in [0.25, 0.3) is 11.0 Å². The first kappa shape index (κ1) is 18.2. The molecule has 0 saturated heterocycles. The zero-order chi connectivity index (χ0) is 18.3. The molecule has 0 radical (unpaired) electrons. The Morgan fingerprint density at radius 3 is 2.52 bits per heavy atom. The largest absolute Gasteiger partial charge is 0.319 e. The normalized spacial score (nSPS) is 11.3. The summed E-state index contributed by atoms with van der Waals surface area (Å²) in [5.41, 5.74) is 1.06. The lowest BCUT2D eigenvalue weighted by Crippen LogP contribution is -2.15. The smallest absolute Gasteiger partial charge is 0.275 e. The summed E-state index contributed by atoms with van der Waals surface area (Å²) >= 11 is 23.7. The lowest BCUT2D eigenvalue weighted by molar-refractivity contribution is 0.102. The van der Waals surface area contributed by atoms with Crippen LogP contribution in [-0.4, -0.2) is 25.7 Å². The molecule has 10 heteroatoms. The summed E-state index contributed by atoms with van der Waals surface area (Å²) in [6.07, 6.45) is 3.20. The molecule has 130 valence electrons. The summed E-state index contributed by atoms with van der Waals surface area (Å²) in [6.45, 7) is 4.01. The number of rotatable bonds is 3. The van der Waals surface area contributed by atoms with Gasteiger partial charge < -0.3 is 5.32 Å². The molecule has 25 heavy (non-hydrogen) atoms. The van der Waals surface area contributed by atoms with E-state index in [9.17, 15) is 4.79 Å². The van der Waals surface area contributed by atoms with Crippen molar-refractivity contribution in [1.82, 2.24) is 19.7 Å². The molecule has 0 bridgehead atoms. The fourth-order valence-electron chi connectivity index (χ4n) is 2.21. The van der Waals surface area contributed by atoms with Crippen LogP contribution >= 0.6 is 46.4 Å². The fraction of sp³-hybridized carbons (Fsp3) is 0.200. The second-order valence-electron chi connectivity index (χ2n) is 5.47. The van der Waals surface area contributed by atoms with Crippen LogP contribution in [0, 0.1) is 0 Å². The molecule has 0 aliphatic rings. The van der Waals surface area contributed by atoms with Crippen molar-refractivity contribution < 1.29 is 4.79 Å². The Hall–Kier alpha value is -1.60. The lowest BCUT2D eigenvalue weighted by Gasteiger charge is -2.09. The number of hydrogen-bond donors (Lipinski definition) is 1. The van der Waals surface area contributed by atoms with Gasteiger partial charge in [0, 0.05) is 11.4 Å². The molecule has 3 aromatic rings. The maximum atomic E-state index is 12.4. The number of fused-ring (bicyclic) bond motifs is 1. The van der Waals surface area contributed by atoms with Gasteiger partial charge >= 0.3 is 0 Å². The molecule has 0 aromatic carbocycles. The Balaban J connectivity index is 1.93. The minimum atomic E-state index is -0.581. The van der Waals surface area contributed by atoms with Gasteiger partial charge in [-0.15, -0.1) is 0 Å². The van der Waals surface area contributed by atoms with Crippen molar-refractivity contribution in [2.24, 2.45) is 0 Å². The van der Waals surface area contributed by atoms with Crippen molar-refractivity contribution in [1.29, 1.82) is 0 Å². The zero-order valence-corrected chi connectivity index (χ0v) is 16.0. The van der Waals surface area contributed by atoms with Gasteiger partial charge in [0.2, 0.25) is 0 Å². The average molecular weight is 419 g/mol. The molecular formula is C15H11Cl4N5O. The van der Waals surface area contributed by atoms with Crippen LogP contribution in [0.3, 0.4) is 0 Å². The lowest BCUT2D eigenvalue weighted by atomic mass is 10.3. The molecule has 0 unspecified atom stereocenters. The number of nitrogens with zero attached hydrogens (tertiary/aromatic N) is 4. The predicted octanol–water partition coefficient (Wildman–Crippen LogP) is 5.27. The van der Waals surface area contributed by atoms with Crippen molar-refractivity contribution in [2.45, 2.75) is 19.9 Å². The first-order chi connectivity index (χ1) is 11.8. The van der Waals surface area contributed by atoms with Crippen LogP contribution in [0.15, 0.2) is 18.5 Å². The number of halogens is 4. The number of amides is 1. The van der Waals surface area contributed by atoms with Crippen LogP contribution in [0.1, 0.15) is 30.4 Å². The Kier molecular flexibility index (Phi) is 5.06. The van der Waals surface area contributed by atoms with Crippen LogP contribution < -0.4 is 5.32 Å². The Morgan fingerprint density at radius 2 is 1.84 bits per heavy atom. The van der Waals surface area contributed by atoms with E-state index >= 15 is 0 Å². The second-order valence-corrected chi connectivity index (χ2v) is 6.96. The van der Waals surface area contributed by atoms with Gasteiger partial charge in [0.1, 0.15) is 10.8 Å². The van der Waals surface area contributed by atoms with Gasteiger partial charge in [0.15, 0.2) is 5.65 Å². The van der Waals surface area contributed by atoms with Gasteiger partial charge in [-0.3, -0.25) is 4.79 Å². The Morgan fingerprint density at radius 1 is 1.12 bits per heavy atom. The standard InChI is InChI=1S/C15H11Cl4N5O/c1-6(2)24-14-7(4-21-24)3-8(5-20-14)22-15(25)12-10(17)9(16)11(18)13(19)23-12/h3-6H,1-2H3,(H,22,25). The number of anilines is 1. The third-order valence-corrected chi connectivity index (χ3v) is 5.06. The first-order valence-corrected chi connectivity index (χ1v) is 8.65. The maximum Gasteiger partial charge on any atom is 0.275 e. The molecule has 6 nitrogen and oxygen atoms in total. The van der Waals surface area contributed by atoms with Crippen molar-refractivity contribution in [3.8, 4) is 0 Å². The summed E-state index contributed by atoms with van der Waals surface area (Å²) in [7, 11) is 0. The molecule has 0 spiro atoms. The summed E-state index contributed by atoms with van der Waals surface area (Å²) in [6, 6.07) is 1.92. The van der Waals surface area contributed by atoms with Gasteiger partial charge in [-0.2, -0.15) is 5.10 Å². The molecule has 1 amide bonds. The quantitative estimate of drug-likeness (QED) is 0.587. The molecule has 0 aliphatic heterocycles. The van der Waals surface area contributed by atoms with Gasteiger partial charge in [-0.05, 0) is 19.9 Å². The minimum absolute atomic E-state index is 0.00549. The molecule has 3 heterocycles. The number of carbonyl (C=O) groups excluding carboxylic acids is 1. The zero-order valence-electron chi connectivity index (χ0n) is 13.0. The van der Waals surface area contributed by atoms with Gasteiger partial charge in [0.25, 0.3) is 5.91 Å². The van der Waals surface area contributed by atoms with Gasteiger partial charge in [-0.25, -0.2) is 14.6 Å². The minimum Gasteiger partial charge on any atom is -0.319 e. The van der Waals surface area contributed by atoms with Crippen molar-refractivity contribution in [3.05, 3.63) is 44.4 Å². The molecule has 0 fully saturated rings. The number of nitrogens with one attached hydrogen (secondary N) is 1. The molecule has 0 aliphatic carbocycles. The number of aromatic nitrogens is 4. The molecule has 0 atom stereocenters. The van der Waals surface area contributed by atoms with E-state index in [-0.39, 0.29) is 32.0 Å². The maximum absolute atomic E-state index is 12.4. The highest BCUT2D eigenvalue weighted by Gasteiger charge is 2.20. The van der Waals surface area contributed by atoms with E-state index in [0.29, 0.717) is 5.69 Å². The van der Waals surface area contributed by atoms with Crippen LogP contribution in [0.5, 0.6) is 0 Å². The van der Waals surface area contributed by atoms with E-state index in [1.54, 1.807) is 16.9 Å². The predicted molar refractivity (Wildman–Crippen MR) is 100 cm³/mol. The van der Waals surface area contributed by atoms with Crippen molar-refractivity contribution >= 4 is 69.0 Å². The number of pyridine rings is 2. The third-order valence-electron chi connectivity index (χ3n) is 3.38. The Labute approximate surface area is 163 Å². The van der Waals surface area contributed by atoms with E-state index in [0.717, 1.165) is 11.0 Å². The van der Waals surface area contributed by atoms with Crippen molar-refractivity contribution in [2.75, 3.05) is 5.32 Å². The molecular weight excluding hydrogens is 408 g/mol. The summed E-state index contributed by atoms with van der Waals surface area (Å²) in [5, 5.41) is 7.52. The van der Waals surface area contributed by atoms with Crippen molar-refractivity contribution in [3.63, 3.8) is 0 Å². The second kappa shape index (κ2) is 6.96. The highest BCUT2D eigenvalue weighted by molar-refractivity contribution is 6.52. The van der Waals surface area contributed by atoms with E-state index in [2.05, 4.69) is 20.4 Å². The fourth-order valence-corrected chi connectivity index (χ4v) is 3.03. The molecule has 0 saturated carbocycles. The topological polar surface area (TPSA) is 72.7 Å². The summed E-state index contributed by atoms with van der Waals surface area (Å²) in [4.78, 5) is 20.7. The molecule has 1 N–H and O–H groups in total. The highest BCUT2D eigenvalue weighted by atomic mass is 35.5.